The molecule has 32 heavy (non-hydrogen) atoms. The molecule has 0 radical (unpaired) electrons. The summed E-state index contributed by atoms with van der Waals surface area (Å²) < 4.78 is 54.0. The standard InChI is InChI=1S/C20H17N3O7S2/c1-15-2-10-19(11-3-15)31(26,27)22-21-14-16-4-8-18(9-5-16)30-32(28,29)20-12-6-17(7-13-20)23(24)25/h2-14,22H,1H3/b21-14-. The molecule has 0 aliphatic carbocycles. The summed E-state index contributed by atoms with van der Waals surface area (Å²) in [7, 11) is -8.00. The SMILES string of the molecule is Cc1ccc(S(=O)(=O)N/N=C\c2ccc(OS(=O)(=O)c3ccc([N+](=O)[O-])cc3)cc2)cc1. The van der Waals surface area contributed by atoms with Crippen LogP contribution in [0, 0.1) is 17.0 Å². The van der Waals surface area contributed by atoms with Gasteiger partial charge in [-0.15, -0.1) is 0 Å². The highest BCUT2D eigenvalue weighted by Gasteiger charge is 2.18. The number of hydrazone groups is 1. The van der Waals surface area contributed by atoms with Crippen molar-refractivity contribution in [1.29, 1.82) is 0 Å². The van der Waals surface area contributed by atoms with Gasteiger partial charge in [0.15, 0.2) is 0 Å². The number of sulfonamides is 1. The van der Waals surface area contributed by atoms with Crippen LogP contribution in [0.1, 0.15) is 11.1 Å². The van der Waals surface area contributed by atoms with E-state index < -0.39 is 25.1 Å². The van der Waals surface area contributed by atoms with Crippen molar-refractivity contribution in [2.24, 2.45) is 5.10 Å². The van der Waals surface area contributed by atoms with Crippen LogP contribution in [0.15, 0.2) is 87.7 Å². The molecule has 1 N–H and O–H groups in total. The molecule has 0 saturated heterocycles. The molecule has 3 aromatic rings. The summed E-state index contributed by atoms with van der Waals surface area (Å²) in [5, 5.41) is 14.4. The number of hydrogen-bond acceptors (Lipinski definition) is 8. The number of nitrogens with zero attached hydrogens (tertiary/aromatic N) is 2. The van der Waals surface area contributed by atoms with Gasteiger partial charge in [0, 0.05) is 12.1 Å². The predicted octanol–water partition coefficient (Wildman–Crippen LogP) is 2.98. The quantitative estimate of drug-likeness (QED) is 0.228. The van der Waals surface area contributed by atoms with E-state index in [1.54, 1.807) is 12.1 Å². The Balaban J connectivity index is 1.65. The number of non-ortho nitro benzene ring substituents is 1. The van der Waals surface area contributed by atoms with Gasteiger partial charge in [-0.05, 0) is 61.0 Å². The molecule has 0 heterocycles. The van der Waals surface area contributed by atoms with Crippen LogP contribution in [0.4, 0.5) is 5.69 Å². The van der Waals surface area contributed by atoms with Crippen molar-refractivity contribution >= 4 is 32.0 Å². The topological polar surface area (TPSA) is 145 Å². The predicted molar refractivity (Wildman–Crippen MR) is 116 cm³/mol. The first-order valence-corrected chi connectivity index (χ1v) is 11.9. The zero-order valence-corrected chi connectivity index (χ0v) is 18.2. The van der Waals surface area contributed by atoms with E-state index in [-0.39, 0.29) is 21.2 Å². The average Bonchev–Trinajstić information content (AvgIpc) is 2.75. The maximum atomic E-state index is 12.3. The highest BCUT2D eigenvalue weighted by Crippen LogP contribution is 2.21. The van der Waals surface area contributed by atoms with Crippen molar-refractivity contribution in [2.45, 2.75) is 16.7 Å². The van der Waals surface area contributed by atoms with E-state index in [4.69, 9.17) is 4.18 Å². The number of nitro groups is 1. The first-order chi connectivity index (χ1) is 15.1. The third-order valence-electron chi connectivity index (χ3n) is 4.14. The Hall–Kier alpha value is -3.77. The lowest BCUT2D eigenvalue weighted by Crippen LogP contribution is -2.18. The monoisotopic (exact) mass is 475 g/mol. The van der Waals surface area contributed by atoms with Gasteiger partial charge in [-0.3, -0.25) is 10.1 Å². The van der Waals surface area contributed by atoms with Crippen molar-refractivity contribution in [3.8, 4) is 5.75 Å². The summed E-state index contributed by atoms with van der Waals surface area (Å²) >= 11 is 0. The Bertz CT molecular complexity index is 1350. The first kappa shape index (κ1) is 22.9. The van der Waals surface area contributed by atoms with E-state index in [1.807, 2.05) is 6.92 Å². The smallest absolute Gasteiger partial charge is 0.339 e. The fraction of sp³-hybridized carbons (Fsp3) is 0.0500. The van der Waals surface area contributed by atoms with Crippen LogP contribution in [0.2, 0.25) is 0 Å². The summed E-state index contributed by atoms with van der Waals surface area (Å²) in [6.07, 6.45) is 1.25. The second-order valence-corrected chi connectivity index (χ2v) is 9.73. The van der Waals surface area contributed by atoms with Crippen LogP contribution in [-0.2, 0) is 20.1 Å². The fourth-order valence-corrected chi connectivity index (χ4v) is 4.18. The van der Waals surface area contributed by atoms with Crippen LogP contribution < -0.4 is 9.01 Å². The van der Waals surface area contributed by atoms with Crippen LogP contribution in [0.3, 0.4) is 0 Å². The average molecular weight is 476 g/mol. The molecular weight excluding hydrogens is 458 g/mol. The zero-order chi connectivity index (χ0) is 23.4. The largest absolute Gasteiger partial charge is 0.379 e. The third-order valence-corrected chi connectivity index (χ3v) is 6.64. The second-order valence-electron chi connectivity index (χ2n) is 6.52. The van der Waals surface area contributed by atoms with E-state index in [0.717, 1.165) is 29.8 Å². The fourth-order valence-electron chi connectivity index (χ4n) is 2.46. The van der Waals surface area contributed by atoms with Crippen molar-refractivity contribution in [3.63, 3.8) is 0 Å². The van der Waals surface area contributed by atoms with Gasteiger partial charge in [0.1, 0.15) is 10.6 Å². The summed E-state index contributed by atoms with van der Waals surface area (Å²) in [5.74, 6) is 0.000684. The maximum Gasteiger partial charge on any atom is 0.339 e. The Labute approximate surface area is 184 Å². The third kappa shape index (κ3) is 5.68. The minimum absolute atomic E-state index is 0.000684. The second kappa shape index (κ2) is 9.16. The van der Waals surface area contributed by atoms with Crippen LogP contribution in [0.5, 0.6) is 5.75 Å². The molecule has 0 aromatic heterocycles. The molecule has 0 atom stereocenters. The molecule has 12 heteroatoms. The van der Waals surface area contributed by atoms with Crippen molar-refractivity contribution in [1.82, 2.24) is 4.83 Å². The molecule has 0 amide bonds. The van der Waals surface area contributed by atoms with E-state index in [0.29, 0.717) is 5.56 Å². The molecule has 0 fully saturated rings. The molecule has 0 bridgehead atoms. The van der Waals surface area contributed by atoms with Gasteiger partial charge in [-0.25, -0.2) is 4.83 Å². The Morgan fingerprint density at radius 2 is 1.44 bits per heavy atom. The van der Waals surface area contributed by atoms with Gasteiger partial charge in [0.25, 0.3) is 15.7 Å². The summed E-state index contributed by atoms with van der Waals surface area (Å²) in [4.78, 5) is 12.0. The number of hydrogen-bond donors (Lipinski definition) is 1. The molecule has 0 unspecified atom stereocenters. The number of nitrogens with one attached hydrogen (secondary N) is 1. The number of rotatable bonds is 8. The molecule has 0 aliphatic heterocycles. The van der Waals surface area contributed by atoms with Gasteiger partial charge in [0.2, 0.25) is 0 Å². The Kier molecular flexibility index (Phi) is 6.55. The van der Waals surface area contributed by atoms with Gasteiger partial charge in [0.05, 0.1) is 16.0 Å². The lowest BCUT2D eigenvalue weighted by molar-refractivity contribution is -0.384. The van der Waals surface area contributed by atoms with Crippen molar-refractivity contribution < 1.29 is 25.9 Å². The van der Waals surface area contributed by atoms with Gasteiger partial charge < -0.3 is 4.18 Å². The molecule has 3 rings (SSSR count). The van der Waals surface area contributed by atoms with Gasteiger partial charge in [-0.1, -0.05) is 17.7 Å². The molecular formula is C20H17N3O7S2. The molecule has 0 saturated carbocycles. The summed E-state index contributed by atoms with van der Waals surface area (Å²) in [6, 6.07) is 16.2. The Morgan fingerprint density at radius 1 is 0.875 bits per heavy atom. The number of aryl methyl sites for hydroxylation is 1. The highest BCUT2D eigenvalue weighted by atomic mass is 32.2. The maximum absolute atomic E-state index is 12.3. The van der Waals surface area contributed by atoms with Gasteiger partial charge in [-0.2, -0.15) is 21.9 Å². The van der Waals surface area contributed by atoms with E-state index in [9.17, 15) is 26.9 Å². The molecule has 3 aromatic carbocycles. The summed E-state index contributed by atoms with van der Waals surface area (Å²) in [5.41, 5.74) is 1.16. The van der Waals surface area contributed by atoms with Crippen molar-refractivity contribution in [3.05, 3.63) is 94.0 Å². The minimum atomic E-state index is -4.19. The van der Waals surface area contributed by atoms with E-state index in [2.05, 4.69) is 9.93 Å². The normalized spacial score (nSPS) is 11.9. The van der Waals surface area contributed by atoms with Crippen LogP contribution in [-0.4, -0.2) is 28.0 Å². The lowest BCUT2D eigenvalue weighted by Gasteiger charge is -2.07. The first-order valence-electron chi connectivity index (χ1n) is 8.97. The molecule has 166 valence electrons. The van der Waals surface area contributed by atoms with Crippen LogP contribution >= 0.6 is 0 Å². The van der Waals surface area contributed by atoms with Gasteiger partial charge >= 0.3 is 10.1 Å². The number of nitro benzene ring substituents is 1. The minimum Gasteiger partial charge on any atom is -0.379 e. The lowest BCUT2D eigenvalue weighted by atomic mass is 10.2. The molecule has 0 aliphatic rings. The highest BCUT2D eigenvalue weighted by molar-refractivity contribution is 7.89. The summed E-state index contributed by atoms with van der Waals surface area (Å²) in [6.45, 7) is 1.84. The van der Waals surface area contributed by atoms with E-state index in [1.165, 1.54) is 42.6 Å². The Morgan fingerprint density at radius 3 is 2.00 bits per heavy atom. The zero-order valence-electron chi connectivity index (χ0n) is 16.6. The number of benzene rings is 3. The molecule has 10 nitrogen and oxygen atoms in total. The van der Waals surface area contributed by atoms with Crippen molar-refractivity contribution in [2.75, 3.05) is 0 Å². The van der Waals surface area contributed by atoms with E-state index >= 15 is 0 Å². The molecule has 0 spiro atoms. The van der Waals surface area contributed by atoms with Crippen LogP contribution in [0.25, 0.3) is 0 Å².